The number of hydrogen-bond donors (Lipinski definition) is 6. The lowest BCUT2D eigenvalue weighted by molar-refractivity contribution is -0.142. The van der Waals surface area contributed by atoms with E-state index in [9.17, 15) is 24.3 Å². The monoisotopic (exact) mass is 359 g/mol. The molecule has 0 fully saturated rings. The standard InChI is InChI=1S/C15H29N5O5/c1-9(2)13(20-12(22)8-18-11(21)7-17)14(23)19-10(15(24)25)5-3-4-6-16/h9-10,13H,3-8,16-17H2,1-2H3,(H,18,21)(H,19,23)(H,20,22)(H,24,25)/t10-,13-/m0/s1. The van der Waals surface area contributed by atoms with E-state index in [0.29, 0.717) is 19.4 Å². The van der Waals surface area contributed by atoms with Gasteiger partial charge in [0.2, 0.25) is 17.7 Å². The molecule has 3 amide bonds. The molecule has 8 N–H and O–H groups in total. The molecule has 144 valence electrons. The summed E-state index contributed by atoms with van der Waals surface area (Å²) in [6.07, 6.45) is 1.48. The maximum absolute atomic E-state index is 12.3. The predicted molar refractivity (Wildman–Crippen MR) is 91.3 cm³/mol. The molecule has 25 heavy (non-hydrogen) atoms. The molecule has 0 saturated carbocycles. The topological polar surface area (TPSA) is 177 Å². The first-order chi connectivity index (χ1) is 11.7. The fourth-order valence-electron chi connectivity index (χ4n) is 2.02. The lowest BCUT2D eigenvalue weighted by Crippen LogP contribution is -2.55. The number of aliphatic carboxylic acids is 1. The molecular formula is C15H29N5O5. The first kappa shape index (κ1) is 22.8. The van der Waals surface area contributed by atoms with E-state index in [0.717, 1.165) is 0 Å². The molecule has 0 aromatic carbocycles. The highest BCUT2D eigenvalue weighted by atomic mass is 16.4. The normalized spacial score (nSPS) is 13.0. The minimum absolute atomic E-state index is 0.246. The third-order valence-electron chi connectivity index (χ3n) is 3.46. The van der Waals surface area contributed by atoms with Crippen LogP contribution in [0.25, 0.3) is 0 Å². The minimum atomic E-state index is -1.14. The summed E-state index contributed by atoms with van der Waals surface area (Å²) in [5, 5.41) is 16.4. The van der Waals surface area contributed by atoms with Gasteiger partial charge in [0.25, 0.3) is 0 Å². The highest BCUT2D eigenvalue weighted by molar-refractivity contribution is 5.92. The number of carboxylic acid groups (broad SMARTS) is 1. The van der Waals surface area contributed by atoms with Crippen molar-refractivity contribution in [2.75, 3.05) is 19.6 Å². The number of amides is 3. The third kappa shape index (κ3) is 9.62. The third-order valence-corrected chi connectivity index (χ3v) is 3.46. The van der Waals surface area contributed by atoms with Gasteiger partial charge in [-0.3, -0.25) is 14.4 Å². The number of nitrogens with one attached hydrogen (secondary N) is 3. The van der Waals surface area contributed by atoms with Crippen LogP contribution in [0.5, 0.6) is 0 Å². The largest absolute Gasteiger partial charge is 0.480 e. The second-order valence-electron chi connectivity index (χ2n) is 5.95. The molecule has 0 aliphatic heterocycles. The average molecular weight is 359 g/mol. The summed E-state index contributed by atoms with van der Waals surface area (Å²) in [7, 11) is 0. The van der Waals surface area contributed by atoms with Crippen LogP contribution in [-0.2, 0) is 19.2 Å². The van der Waals surface area contributed by atoms with Gasteiger partial charge in [-0.15, -0.1) is 0 Å². The van der Waals surface area contributed by atoms with Gasteiger partial charge in [-0.05, 0) is 31.7 Å². The Kier molecular flexibility index (Phi) is 11.1. The van der Waals surface area contributed by atoms with Gasteiger partial charge in [0.05, 0.1) is 13.1 Å². The molecule has 0 aromatic rings. The van der Waals surface area contributed by atoms with Crippen molar-refractivity contribution in [2.45, 2.75) is 45.2 Å². The number of carbonyl (C=O) groups is 4. The molecule has 2 atom stereocenters. The van der Waals surface area contributed by atoms with Crippen molar-refractivity contribution in [2.24, 2.45) is 17.4 Å². The first-order valence-corrected chi connectivity index (χ1v) is 8.22. The zero-order valence-electron chi connectivity index (χ0n) is 14.7. The number of hydrogen-bond acceptors (Lipinski definition) is 6. The number of nitrogens with two attached hydrogens (primary N) is 2. The van der Waals surface area contributed by atoms with Crippen LogP contribution in [0.1, 0.15) is 33.1 Å². The summed E-state index contributed by atoms with van der Waals surface area (Å²) >= 11 is 0. The number of unbranched alkanes of at least 4 members (excludes halogenated alkanes) is 1. The van der Waals surface area contributed by atoms with E-state index < -0.39 is 35.8 Å². The lowest BCUT2D eigenvalue weighted by Gasteiger charge is -2.24. The quantitative estimate of drug-likeness (QED) is 0.216. The summed E-state index contributed by atoms with van der Waals surface area (Å²) < 4.78 is 0. The van der Waals surface area contributed by atoms with E-state index in [-0.39, 0.29) is 25.4 Å². The summed E-state index contributed by atoms with van der Waals surface area (Å²) in [5.74, 6) is -3.06. The molecule has 10 nitrogen and oxygen atoms in total. The average Bonchev–Trinajstić information content (AvgIpc) is 2.55. The van der Waals surface area contributed by atoms with E-state index in [1.54, 1.807) is 13.8 Å². The first-order valence-electron chi connectivity index (χ1n) is 8.22. The second kappa shape index (κ2) is 12.2. The van der Waals surface area contributed by atoms with Gasteiger partial charge in [0.15, 0.2) is 0 Å². The SMILES string of the molecule is CC(C)[C@H](NC(=O)CNC(=O)CN)C(=O)N[C@@H](CCCCN)C(=O)O. The zero-order valence-corrected chi connectivity index (χ0v) is 14.7. The fourth-order valence-corrected chi connectivity index (χ4v) is 2.02. The Bertz CT molecular complexity index is 469. The Morgan fingerprint density at radius 2 is 1.64 bits per heavy atom. The van der Waals surface area contributed by atoms with Gasteiger partial charge >= 0.3 is 5.97 Å². The Morgan fingerprint density at radius 1 is 1.00 bits per heavy atom. The molecule has 0 unspecified atom stereocenters. The molecule has 0 aliphatic rings. The van der Waals surface area contributed by atoms with Gasteiger partial charge in [0, 0.05) is 0 Å². The summed E-state index contributed by atoms with van der Waals surface area (Å²) in [6.45, 7) is 3.32. The van der Waals surface area contributed by atoms with Crippen LogP contribution in [-0.4, -0.2) is 60.5 Å². The smallest absolute Gasteiger partial charge is 0.326 e. The van der Waals surface area contributed by atoms with E-state index in [2.05, 4.69) is 16.0 Å². The lowest BCUT2D eigenvalue weighted by atomic mass is 10.0. The van der Waals surface area contributed by atoms with Gasteiger partial charge in [-0.2, -0.15) is 0 Å². The summed E-state index contributed by atoms with van der Waals surface area (Å²) in [5.41, 5.74) is 10.5. The van der Waals surface area contributed by atoms with Crippen molar-refractivity contribution in [1.82, 2.24) is 16.0 Å². The van der Waals surface area contributed by atoms with Crippen molar-refractivity contribution >= 4 is 23.7 Å². The summed E-state index contributed by atoms with van der Waals surface area (Å²) in [6, 6.07) is -1.97. The van der Waals surface area contributed by atoms with Crippen LogP contribution in [0.15, 0.2) is 0 Å². The Labute approximate surface area is 147 Å². The van der Waals surface area contributed by atoms with E-state index >= 15 is 0 Å². The van der Waals surface area contributed by atoms with Crippen molar-refractivity contribution in [3.63, 3.8) is 0 Å². The van der Waals surface area contributed by atoms with Crippen LogP contribution in [0, 0.1) is 5.92 Å². The molecule has 0 rings (SSSR count). The van der Waals surface area contributed by atoms with Gasteiger partial charge < -0.3 is 32.5 Å². The maximum Gasteiger partial charge on any atom is 0.326 e. The molecule has 0 spiro atoms. The zero-order chi connectivity index (χ0) is 19.4. The van der Waals surface area contributed by atoms with E-state index in [1.807, 2.05) is 0 Å². The highest BCUT2D eigenvalue weighted by Crippen LogP contribution is 2.05. The van der Waals surface area contributed by atoms with Crippen LogP contribution in [0.4, 0.5) is 0 Å². The van der Waals surface area contributed by atoms with Crippen molar-refractivity contribution in [1.29, 1.82) is 0 Å². The van der Waals surface area contributed by atoms with Gasteiger partial charge in [0.1, 0.15) is 12.1 Å². The molecular weight excluding hydrogens is 330 g/mol. The van der Waals surface area contributed by atoms with Crippen molar-refractivity contribution in [3.8, 4) is 0 Å². The van der Waals surface area contributed by atoms with Crippen LogP contribution >= 0.6 is 0 Å². The van der Waals surface area contributed by atoms with Crippen LogP contribution in [0.2, 0.25) is 0 Å². The fraction of sp³-hybridized carbons (Fsp3) is 0.733. The van der Waals surface area contributed by atoms with Crippen molar-refractivity contribution in [3.05, 3.63) is 0 Å². The van der Waals surface area contributed by atoms with Crippen molar-refractivity contribution < 1.29 is 24.3 Å². The molecule has 0 saturated heterocycles. The molecule has 0 bridgehead atoms. The molecule has 0 aromatic heterocycles. The predicted octanol–water partition coefficient (Wildman–Crippen LogP) is -2.10. The maximum atomic E-state index is 12.3. The van der Waals surface area contributed by atoms with Crippen LogP contribution < -0.4 is 27.4 Å². The van der Waals surface area contributed by atoms with Gasteiger partial charge in [-0.1, -0.05) is 13.8 Å². The molecule has 10 heteroatoms. The molecule has 0 heterocycles. The number of carboxylic acids is 1. The highest BCUT2D eigenvalue weighted by Gasteiger charge is 2.28. The Balaban J connectivity index is 4.72. The number of carbonyl (C=O) groups excluding carboxylic acids is 3. The Morgan fingerprint density at radius 3 is 2.12 bits per heavy atom. The summed E-state index contributed by atoms with van der Waals surface area (Å²) in [4.78, 5) is 46.5. The van der Waals surface area contributed by atoms with E-state index in [1.165, 1.54) is 0 Å². The molecule has 0 radical (unpaired) electrons. The second-order valence-corrected chi connectivity index (χ2v) is 5.95. The van der Waals surface area contributed by atoms with Gasteiger partial charge in [-0.25, -0.2) is 4.79 Å². The van der Waals surface area contributed by atoms with Crippen LogP contribution in [0.3, 0.4) is 0 Å². The molecule has 0 aliphatic carbocycles. The minimum Gasteiger partial charge on any atom is -0.480 e. The Hall–Kier alpha value is -2.20. The van der Waals surface area contributed by atoms with E-state index in [4.69, 9.17) is 11.5 Å². The number of rotatable bonds is 12.